The number of aliphatic hydroxyl groups excluding tert-OH is 1. The molecule has 606 valence electrons. The number of carbonyl (C=O) groups is 4. The van der Waals surface area contributed by atoms with E-state index in [2.05, 4.69) is 155 Å². The first-order valence-electron chi connectivity index (χ1n) is 41.1. The zero-order chi connectivity index (χ0) is 77.4. The van der Waals surface area contributed by atoms with Crippen molar-refractivity contribution in [1.82, 2.24) is 0 Å². The van der Waals surface area contributed by atoms with Crippen LogP contribution in [0.15, 0.2) is 146 Å². The first-order valence-corrected chi connectivity index (χ1v) is 44.1. The minimum Gasteiger partial charge on any atom is -0.462 e. The summed E-state index contributed by atoms with van der Waals surface area (Å²) in [6, 6.07) is 0. The second-order valence-electron chi connectivity index (χ2n) is 27.0. The van der Waals surface area contributed by atoms with Crippen LogP contribution in [-0.2, 0) is 65.4 Å². The number of phosphoric acid groups is 2. The van der Waals surface area contributed by atoms with Gasteiger partial charge in [0.25, 0.3) is 0 Å². The normalized spacial score (nSPS) is 14.6. The van der Waals surface area contributed by atoms with Gasteiger partial charge in [0.05, 0.1) is 26.4 Å². The van der Waals surface area contributed by atoms with Crippen molar-refractivity contribution in [2.45, 2.75) is 341 Å². The number of phosphoric ester groups is 2. The number of hydrogen-bond donors (Lipinski definition) is 3. The van der Waals surface area contributed by atoms with Gasteiger partial charge in [0.15, 0.2) is 12.2 Å². The monoisotopic (exact) mass is 1530 g/mol. The molecule has 0 bridgehead atoms. The van der Waals surface area contributed by atoms with Crippen molar-refractivity contribution < 1.29 is 80.2 Å². The Hall–Kier alpha value is -5.06. The highest BCUT2D eigenvalue weighted by molar-refractivity contribution is 7.47. The van der Waals surface area contributed by atoms with E-state index in [0.717, 1.165) is 148 Å². The van der Waals surface area contributed by atoms with Crippen LogP contribution in [-0.4, -0.2) is 96.7 Å². The average molecular weight is 1530 g/mol. The summed E-state index contributed by atoms with van der Waals surface area (Å²) in [6.45, 7) is 4.53. The molecule has 0 saturated carbocycles. The maximum absolute atomic E-state index is 13.1. The van der Waals surface area contributed by atoms with Crippen molar-refractivity contribution in [3.63, 3.8) is 0 Å². The average Bonchev–Trinajstić information content (AvgIpc) is 0.901. The first kappa shape index (κ1) is 101. The predicted octanol–water partition coefficient (Wildman–Crippen LogP) is 24.2. The van der Waals surface area contributed by atoms with Gasteiger partial charge in [-0.25, -0.2) is 9.13 Å². The standard InChI is InChI=1S/C87H146O17P2/c1-5-9-13-17-21-25-29-33-36-38-40-42-45-48-51-55-59-63-67-71-84(89)97-77-82(103-86(91)73-69-65-61-57-53-47-32-28-24-20-16-12-8-4)79-101-105(93,94)99-75-81(88)76-100-106(95,96)102-80-83(104-87(92)74-70-66-62-58-54-50-44-35-31-27-23-19-15-11-7-3)78-98-85(90)72-68-64-60-56-52-49-46-43-41-39-37-34-30-26-22-18-14-10-6-2/h9-10,13-14,21-22,25-26,33-37,40-44,48-49,51-52,59,63,81-83,88H,5-8,11-12,15-20,23-24,27-32,38-39,45-47,50,53-58,60-62,64-80H2,1-4H3,(H,93,94)(H,95,96)/b13-9-,14-10-,25-21-,26-22-,36-33-,37-34-,42-40-,43-41-,44-35-,51-48-,52-49-,63-59-. The van der Waals surface area contributed by atoms with Gasteiger partial charge in [-0.2, -0.15) is 0 Å². The van der Waals surface area contributed by atoms with Gasteiger partial charge in [0.1, 0.15) is 19.3 Å². The van der Waals surface area contributed by atoms with Crippen LogP contribution in [0.25, 0.3) is 0 Å². The molecule has 0 amide bonds. The van der Waals surface area contributed by atoms with Gasteiger partial charge >= 0.3 is 39.5 Å². The highest BCUT2D eigenvalue weighted by atomic mass is 31.2. The lowest BCUT2D eigenvalue weighted by atomic mass is 10.0. The Morgan fingerprint density at radius 3 is 0.830 bits per heavy atom. The van der Waals surface area contributed by atoms with E-state index in [-0.39, 0.29) is 25.7 Å². The maximum Gasteiger partial charge on any atom is 0.472 e. The summed E-state index contributed by atoms with van der Waals surface area (Å²) in [5.74, 6) is -2.31. The number of hydrogen-bond acceptors (Lipinski definition) is 15. The van der Waals surface area contributed by atoms with Crippen LogP contribution in [0.3, 0.4) is 0 Å². The molecule has 0 aliphatic heterocycles. The highest BCUT2D eigenvalue weighted by Gasteiger charge is 2.30. The van der Waals surface area contributed by atoms with Crippen LogP contribution in [0, 0.1) is 0 Å². The quantitative estimate of drug-likeness (QED) is 0.0169. The zero-order valence-electron chi connectivity index (χ0n) is 66.3. The fourth-order valence-electron chi connectivity index (χ4n) is 10.6. The molecule has 106 heavy (non-hydrogen) atoms. The molecule has 5 atom stereocenters. The van der Waals surface area contributed by atoms with Crippen molar-refractivity contribution >= 4 is 39.5 Å². The Balaban J connectivity index is 5.44. The molecular weight excluding hydrogens is 1380 g/mol. The summed E-state index contributed by atoms with van der Waals surface area (Å²) in [7, 11) is -9.99. The molecule has 0 spiro atoms. The lowest BCUT2D eigenvalue weighted by Gasteiger charge is -2.21. The Morgan fingerprint density at radius 1 is 0.274 bits per heavy atom. The smallest absolute Gasteiger partial charge is 0.462 e. The van der Waals surface area contributed by atoms with Crippen LogP contribution in [0.2, 0.25) is 0 Å². The fourth-order valence-corrected chi connectivity index (χ4v) is 12.2. The molecule has 0 aliphatic carbocycles. The molecule has 0 saturated heterocycles. The van der Waals surface area contributed by atoms with Gasteiger partial charge in [-0.3, -0.25) is 37.3 Å². The van der Waals surface area contributed by atoms with Crippen molar-refractivity contribution in [2.24, 2.45) is 0 Å². The molecule has 0 aromatic rings. The summed E-state index contributed by atoms with van der Waals surface area (Å²) in [4.78, 5) is 73.1. The number of unbranched alkanes of at least 4 members (excludes halogenated alkanes) is 26. The molecule has 17 nitrogen and oxygen atoms in total. The summed E-state index contributed by atoms with van der Waals surface area (Å²) in [5, 5.41) is 10.6. The largest absolute Gasteiger partial charge is 0.472 e. The summed E-state index contributed by atoms with van der Waals surface area (Å²) < 4.78 is 68.6. The van der Waals surface area contributed by atoms with Crippen molar-refractivity contribution in [1.29, 1.82) is 0 Å². The SMILES string of the molecule is CC/C=C\C/C=C\C/C=C\C/C=C\C/C=C\C/C=C\CCC(=O)OCC(COP(=O)(O)OCC(O)COP(=O)(O)OCC(COC(=O)CCCCC/C=C\C/C=C\C/C=C\C/C=C\C/C=C\CC)OC(=O)CCCCCCC/C=C\CCCCCCCC)OC(=O)CCCCCCCCCCCCCCC. The van der Waals surface area contributed by atoms with Gasteiger partial charge in [0.2, 0.25) is 0 Å². The number of esters is 4. The van der Waals surface area contributed by atoms with Gasteiger partial charge in [-0.15, -0.1) is 0 Å². The lowest BCUT2D eigenvalue weighted by Crippen LogP contribution is -2.30. The molecule has 0 aliphatic rings. The van der Waals surface area contributed by atoms with Crippen LogP contribution < -0.4 is 0 Å². The summed E-state index contributed by atoms with van der Waals surface area (Å²) >= 11 is 0. The van der Waals surface area contributed by atoms with Crippen LogP contribution >= 0.6 is 15.6 Å². The molecule has 19 heteroatoms. The number of allylic oxidation sites excluding steroid dienone is 24. The number of ether oxygens (including phenoxy) is 4. The van der Waals surface area contributed by atoms with Gasteiger partial charge in [-0.05, 0) is 135 Å². The number of carbonyl (C=O) groups excluding carboxylic acids is 4. The van der Waals surface area contributed by atoms with Gasteiger partial charge in [0, 0.05) is 25.7 Å². The zero-order valence-corrected chi connectivity index (χ0v) is 68.1. The van der Waals surface area contributed by atoms with Gasteiger partial charge < -0.3 is 33.8 Å². The highest BCUT2D eigenvalue weighted by Crippen LogP contribution is 2.45. The van der Waals surface area contributed by atoms with E-state index in [4.69, 9.17) is 37.0 Å². The van der Waals surface area contributed by atoms with Crippen molar-refractivity contribution in [2.75, 3.05) is 39.6 Å². The Morgan fingerprint density at radius 2 is 0.509 bits per heavy atom. The van der Waals surface area contributed by atoms with Crippen molar-refractivity contribution in [3.05, 3.63) is 146 Å². The molecule has 5 unspecified atom stereocenters. The third kappa shape index (κ3) is 77.1. The molecule has 3 N–H and O–H groups in total. The Kier molecular flexibility index (Phi) is 74.3. The molecular formula is C87H146O17P2. The lowest BCUT2D eigenvalue weighted by molar-refractivity contribution is -0.161. The van der Waals surface area contributed by atoms with Crippen LogP contribution in [0.4, 0.5) is 0 Å². The maximum atomic E-state index is 13.1. The number of rotatable bonds is 76. The second-order valence-corrected chi connectivity index (χ2v) is 29.9. The summed E-state index contributed by atoms with van der Waals surface area (Å²) in [6.07, 6.45) is 89.8. The predicted molar refractivity (Wildman–Crippen MR) is 436 cm³/mol. The van der Waals surface area contributed by atoms with Crippen LogP contribution in [0.1, 0.15) is 323 Å². The molecule has 0 radical (unpaired) electrons. The molecule has 0 aromatic carbocycles. The molecule has 0 aromatic heterocycles. The molecule has 0 heterocycles. The van der Waals surface area contributed by atoms with E-state index in [9.17, 15) is 43.2 Å². The van der Waals surface area contributed by atoms with E-state index < -0.39 is 97.5 Å². The molecule has 0 rings (SSSR count). The third-order valence-corrected chi connectivity index (χ3v) is 18.7. The number of aliphatic hydroxyl groups is 1. The topological polar surface area (TPSA) is 237 Å². The fraction of sp³-hybridized carbons (Fsp3) is 0.678. The minimum absolute atomic E-state index is 0.0342. The van der Waals surface area contributed by atoms with E-state index >= 15 is 0 Å². The van der Waals surface area contributed by atoms with E-state index in [1.165, 1.54) is 89.9 Å². The van der Waals surface area contributed by atoms with E-state index in [1.54, 1.807) is 0 Å². The molecule has 0 fully saturated rings. The third-order valence-electron chi connectivity index (χ3n) is 16.8. The Labute approximate surface area is 643 Å². The minimum atomic E-state index is -5.00. The summed E-state index contributed by atoms with van der Waals surface area (Å²) in [5.41, 5.74) is 0. The van der Waals surface area contributed by atoms with E-state index in [0.29, 0.717) is 32.1 Å². The Bertz CT molecular complexity index is 2580. The van der Waals surface area contributed by atoms with E-state index in [1.807, 2.05) is 18.2 Å². The second kappa shape index (κ2) is 78.1. The van der Waals surface area contributed by atoms with Crippen molar-refractivity contribution in [3.8, 4) is 0 Å². The van der Waals surface area contributed by atoms with Crippen LogP contribution in [0.5, 0.6) is 0 Å². The van der Waals surface area contributed by atoms with Gasteiger partial charge in [-0.1, -0.05) is 308 Å². The first-order chi connectivity index (χ1) is 51.7.